The summed E-state index contributed by atoms with van der Waals surface area (Å²) in [5.74, 6) is 0. The molecule has 0 fully saturated rings. The Hall–Kier alpha value is 0.0900. The molecule has 0 spiro atoms. The molecule has 0 atom stereocenters. The zero-order valence-corrected chi connectivity index (χ0v) is 9.22. The maximum atomic E-state index is 3.93. The lowest BCUT2D eigenvalue weighted by Gasteiger charge is -2.26. The van der Waals surface area contributed by atoms with Gasteiger partial charge in [0.15, 0.2) is 0 Å². The van der Waals surface area contributed by atoms with Gasteiger partial charge in [0, 0.05) is 4.75 Å². The zero-order valence-electron chi connectivity index (χ0n) is 8.40. The van der Waals surface area contributed by atoms with Gasteiger partial charge in [-0.15, -0.1) is 6.58 Å². The Morgan fingerprint density at radius 3 is 2.18 bits per heavy atom. The fourth-order valence-electron chi connectivity index (χ4n) is 1.41. The van der Waals surface area contributed by atoms with Crippen LogP contribution in [-0.4, -0.2) is 10.00 Å². The van der Waals surface area contributed by atoms with Gasteiger partial charge in [-0.05, 0) is 18.6 Å². The summed E-state index contributed by atoms with van der Waals surface area (Å²) in [7, 11) is 0. The first-order valence-electron chi connectivity index (χ1n) is 4.16. The fourth-order valence-corrected chi connectivity index (χ4v) is 3.01. The molecule has 0 bridgehead atoms. The number of rotatable bonds is 4. The van der Waals surface area contributed by atoms with Crippen LogP contribution < -0.4 is 0 Å². The van der Waals surface area contributed by atoms with Gasteiger partial charge >= 0.3 is 0 Å². The van der Waals surface area contributed by atoms with E-state index in [-0.39, 0.29) is 0 Å². The van der Waals surface area contributed by atoms with Crippen LogP contribution in [-0.2, 0) is 0 Å². The van der Waals surface area contributed by atoms with E-state index in [2.05, 4.69) is 41.2 Å². The van der Waals surface area contributed by atoms with E-state index in [1.54, 1.807) is 0 Å². The first kappa shape index (κ1) is 11.1. The van der Waals surface area contributed by atoms with E-state index in [9.17, 15) is 0 Å². The smallest absolute Gasteiger partial charge is 0.0143 e. The molecule has 0 aromatic heterocycles. The average molecular weight is 172 g/mol. The average Bonchev–Trinajstić information content (AvgIpc) is 1.53. The summed E-state index contributed by atoms with van der Waals surface area (Å²) < 4.78 is 0.361. The number of hydrogen-bond donors (Lipinski definition) is 0. The van der Waals surface area contributed by atoms with Crippen LogP contribution in [0.2, 0.25) is 0 Å². The molecule has 0 aliphatic heterocycles. The van der Waals surface area contributed by atoms with E-state index in [1.807, 2.05) is 11.8 Å². The minimum Gasteiger partial charge on any atom is -0.153 e. The molecule has 0 heterocycles. The third kappa shape index (κ3) is 6.49. The molecular formula is C10H20S. The summed E-state index contributed by atoms with van der Waals surface area (Å²) in [4.78, 5) is 0. The molecule has 66 valence electrons. The Kier molecular flexibility index (Phi) is 4.23. The second kappa shape index (κ2) is 4.20. The predicted octanol–water partition coefficient (Wildman–Crippen LogP) is 3.87. The molecule has 0 aliphatic carbocycles. The van der Waals surface area contributed by atoms with Crippen LogP contribution in [0.4, 0.5) is 0 Å². The van der Waals surface area contributed by atoms with Crippen molar-refractivity contribution in [2.24, 2.45) is 0 Å². The van der Waals surface area contributed by atoms with Gasteiger partial charge in [-0.1, -0.05) is 33.3 Å². The molecule has 0 saturated carbocycles. The Bertz CT molecular complexity index is 134. The normalized spacial score (nSPS) is 12.2. The summed E-state index contributed by atoms with van der Waals surface area (Å²) in [6, 6.07) is 0. The van der Waals surface area contributed by atoms with Crippen molar-refractivity contribution in [1.29, 1.82) is 0 Å². The largest absolute Gasteiger partial charge is 0.153 e. The molecule has 0 amide bonds. The SMILES string of the molecule is C=C(C)CC(C)(C)SC(C)C. The second-order valence-electron chi connectivity index (χ2n) is 4.06. The third-order valence-corrected chi connectivity index (χ3v) is 2.54. The van der Waals surface area contributed by atoms with Crippen molar-refractivity contribution < 1.29 is 0 Å². The van der Waals surface area contributed by atoms with Gasteiger partial charge in [0.2, 0.25) is 0 Å². The van der Waals surface area contributed by atoms with E-state index in [0.717, 1.165) is 6.42 Å². The monoisotopic (exact) mass is 172 g/mol. The van der Waals surface area contributed by atoms with Crippen molar-refractivity contribution in [3.8, 4) is 0 Å². The third-order valence-electron chi connectivity index (χ3n) is 1.28. The molecule has 11 heavy (non-hydrogen) atoms. The summed E-state index contributed by atoms with van der Waals surface area (Å²) in [5.41, 5.74) is 1.28. The van der Waals surface area contributed by atoms with Gasteiger partial charge in [0.25, 0.3) is 0 Å². The Morgan fingerprint density at radius 2 is 1.91 bits per heavy atom. The molecular weight excluding hydrogens is 152 g/mol. The maximum Gasteiger partial charge on any atom is 0.0143 e. The summed E-state index contributed by atoms with van der Waals surface area (Å²) >= 11 is 2.02. The molecule has 0 nitrogen and oxygen atoms in total. The summed E-state index contributed by atoms with van der Waals surface area (Å²) in [5, 5.41) is 0.712. The van der Waals surface area contributed by atoms with Crippen LogP contribution in [0, 0.1) is 0 Å². The van der Waals surface area contributed by atoms with E-state index < -0.39 is 0 Å². The number of allylic oxidation sites excluding steroid dienone is 1. The van der Waals surface area contributed by atoms with Gasteiger partial charge in [-0.2, -0.15) is 11.8 Å². The van der Waals surface area contributed by atoms with Gasteiger partial charge in [0.05, 0.1) is 0 Å². The molecule has 0 aromatic carbocycles. The molecule has 0 radical (unpaired) electrons. The second-order valence-corrected chi connectivity index (χ2v) is 6.34. The Morgan fingerprint density at radius 1 is 1.45 bits per heavy atom. The quantitative estimate of drug-likeness (QED) is 0.580. The predicted molar refractivity (Wildman–Crippen MR) is 56.2 cm³/mol. The molecule has 0 unspecified atom stereocenters. The maximum absolute atomic E-state index is 3.93. The van der Waals surface area contributed by atoms with Crippen LogP contribution in [0.25, 0.3) is 0 Å². The Labute approximate surface area is 75.5 Å². The highest BCUT2D eigenvalue weighted by Gasteiger charge is 2.19. The van der Waals surface area contributed by atoms with Crippen LogP contribution >= 0.6 is 11.8 Å². The topological polar surface area (TPSA) is 0 Å². The van der Waals surface area contributed by atoms with E-state index >= 15 is 0 Å². The van der Waals surface area contributed by atoms with Crippen molar-refractivity contribution in [2.75, 3.05) is 0 Å². The van der Waals surface area contributed by atoms with Gasteiger partial charge in [-0.25, -0.2) is 0 Å². The lowest BCUT2D eigenvalue weighted by Crippen LogP contribution is -2.17. The van der Waals surface area contributed by atoms with Crippen molar-refractivity contribution in [1.82, 2.24) is 0 Å². The molecule has 1 heteroatoms. The van der Waals surface area contributed by atoms with E-state index in [1.165, 1.54) is 5.57 Å². The zero-order chi connectivity index (χ0) is 9.07. The van der Waals surface area contributed by atoms with Gasteiger partial charge < -0.3 is 0 Å². The minimum atomic E-state index is 0.361. The lowest BCUT2D eigenvalue weighted by molar-refractivity contribution is 0.699. The van der Waals surface area contributed by atoms with Crippen LogP contribution in [0.15, 0.2) is 12.2 Å². The number of hydrogen-bond acceptors (Lipinski definition) is 1. The summed E-state index contributed by atoms with van der Waals surface area (Å²) in [6.45, 7) is 15.1. The van der Waals surface area contributed by atoms with Crippen molar-refractivity contribution in [3.05, 3.63) is 12.2 Å². The molecule has 0 saturated heterocycles. The minimum absolute atomic E-state index is 0.361. The summed E-state index contributed by atoms with van der Waals surface area (Å²) in [6.07, 6.45) is 1.12. The first-order chi connectivity index (χ1) is 4.83. The highest BCUT2D eigenvalue weighted by molar-refractivity contribution is 8.01. The fraction of sp³-hybridized carbons (Fsp3) is 0.800. The molecule has 0 aliphatic rings. The first-order valence-corrected chi connectivity index (χ1v) is 5.03. The highest BCUT2D eigenvalue weighted by Crippen LogP contribution is 2.33. The van der Waals surface area contributed by atoms with Crippen LogP contribution in [0.3, 0.4) is 0 Å². The van der Waals surface area contributed by atoms with E-state index in [0.29, 0.717) is 10.00 Å². The lowest BCUT2D eigenvalue weighted by atomic mass is 10.1. The van der Waals surface area contributed by atoms with Crippen LogP contribution in [0.1, 0.15) is 41.0 Å². The number of thioether (sulfide) groups is 1. The Balaban J connectivity index is 3.89. The van der Waals surface area contributed by atoms with E-state index in [4.69, 9.17) is 0 Å². The van der Waals surface area contributed by atoms with Crippen molar-refractivity contribution in [3.63, 3.8) is 0 Å². The molecule has 0 N–H and O–H groups in total. The highest BCUT2D eigenvalue weighted by atomic mass is 32.2. The van der Waals surface area contributed by atoms with Crippen molar-refractivity contribution in [2.45, 2.75) is 51.0 Å². The molecule has 0 rings (SSSR count). The van der Waals surface area contributed by atoms with Crippen molar-refractivity contribution >= 4 is 11.8 Å². The molecule has 0 aromatic rings. The van der Waals surface area contributed by atoms with Gasteiger partial charge in [0.1, 0.15) is 0 Å². The standard InChI is InChI=1S/C10H20S/c1-8(2)7-10(5,6)11-9(3)4/h9H,1,7H2,2-6H3. The van der Waals surface area contributed by atoms with Gasteiger partial charge in [-0.3, -0.25) is 0 Å². The van der Waals surface area contributed by atoms with Crippen LogP contribution in [0.5, 0.6) is 0 Å².